The Labute approximate surface area is 119 Å². The van der Waals surface area contributed by atoms with Gasteiger partial charge in [-0.3, -0.25) is 0 Å². The van der Waals surface area contributed by atoms with Gasteiger partial charge in [0.25, 0.3) is 0 Å². The quantitative estimate of drug-likeness (QED) is 0.808. The van der Waals surface area contributed by atoms with Crippen molar-refractivity contribution in [3.63, 3.8) is 0 Å². The molecular formula is C12H9Cl2N3O2. The molecule has 0 aliphatic heterocycles. The molecule has 0 radical (unpaired) electrons. The van der Waals surface area contributed by atoms with Gasteiger partial charge >= 0.3 is 5.97 Å². The number of aromatic carboxylic acids is 1. The molecule has 2 rings (SSSR count). The second-order valence-corrected chi connectivity index (χ2v) is 4.52. The maximum absolute atomic E-state index is 11.0. The van der Waals surface area contributed by atoms with Gasteiger partial charge in [-0.25, -0.2) is 9.78 Å². The molecule has 98 valence electrons. The van der Waals surface area contributed by atoms with Crippen molar-refractivity contribution in [2.75, 3.05) is 11.1 Å². The summed E-state index contributed by atoms with van der Waals surface area (Å²) in [6.07, 6.45) is 1.35. The van der Waals surface area contributed by atoms with Crippen LogP contribution in [0.25, 0.3) is 0 Å². The number of hydrogen-bond donors (Lipinski definition) is 3. The summed E-state index contributed by atoms with van der Waals surface area (Å²) in [5.41, 5.74) is 6.24. The first-order valence-electron chi connectivity index (χ1n) is 5.19. The van der Waals surface area contributed by atoms with Gasteiger partial charge in [0.05, 0.1) is 22.0 Å². The standard InChI is InChI=1S/C12H9Cl2N3O2/c13-6-1-2-8(14)9(5-6)17-11-10(15)7(12(18)19)3-4-16-11/h1-5H,15H2,(H,16,17)(H,18,19). The average molecular weight is 298 g/mol. The molecule has 0 saturated heterocycles. The monoisotopic (exact) mass is 297 g/mol. The predicted octanol–water partition coefficient (Wildman–Crippen LogP) is 3.41. The van der Waals surface area contributed by atoms with Crippen LogP contribution < -0.4 is 11.1 Å². The number of nitrogens with two attached hydrogens (primary N) is 1. The highest BCUT2D eigenvalue weighted by Crippen LogP contribution is 2.30. The van der Waals surface area contributed by atoms with Crippen LogP contribution in [0.5, 0.6) is 0 Å². The van der Waals surface area contributed by atoms with Crippen LogP contribution in [-0.4, -0.2) is 16.1 Å². The second kappa shape index (κ2) is 5.34. The van der Waals surface area contributed by atoms with Gasteiger partial charge in [-0.05, 0) is 24.3 Å². The number of anilines is 3. The molecule has 1 aromatic heterocycles. The highest BCUT2D eigenvalue weighted by Gasteiger charge is 2.13. The molecule has 0 spiro atoms. The van der Waals surface area contributed by atoms with Crippen LogP contribution in [0.1, 0.15) is 10.4 Å². The number of aromatic nitrogens is 1. The van der Waals surface area contributed by atoms with Crippen LogP contribution in [0.15, 0.2) is 30.5 Å². The van der Waals surface area contributed by atoms with Crippen LogP contribution in [0, 0.1) is 0 Å². The van der Waals surface area contributed by atoms with Crippen molar-refractivity contribution < 1.29 is 9.90 Å². The zero-order valence-corrected chi connectivity index (χ0v) is 11.0. The van der Waals surface area contributed by atoms with Crippen molar-refractivity contribution in [2.24, 2.45) is 0 Å². The molecule has 4 N–H and O–H groups in total. The van der Waals surface area contributed by atoms with Gasteiger partial charge in [-0.2, -0.15) is 0 Å². The minimum atomic E-state index is -1.12. The molecule has 0 aliphatic rings. The predicted molar refractivity (Wildman–Crippen MR) is 75.4 cm³/mol. The average Bonchev–Trinajstić information content (AvgIpc) is 2.36. The fraction of sp³-hybridized carbons (Fsp3) is 0. The number of benzene rings is 1. The summed E-state index contributed by atoms with van der Waals surface area (Å²) >= 11 is 11.9. The van der Waals surface area contributed by atoms with Crippen molar-refractivity contribution >= 4 is 46.4 Å². The number of pyridine rings is 1. The molecule has 2 aromatic rings. The largest absolute Gasteiger partial charge is 0.478 e. The van der Waals surface area contributed by atoms with E-state index in [-0.39, 0.29) is 17.1 Å². The highest BCUT2D eigenvalue weighted by atomic mass is 35.5. The number of carboxylic acid groups (broad SMARTS) is 1. The van der Waals surface area contributed by atoms with E-state index >= 15 is 0 Å². The smallest absolute Gasteiger partial charge is 0.337 e. The topological polar surface area (TPSA) is 88.2 Å². The van der Waals surface area contributed by atoms with E-state index in [1.165, 1.54) is 12.3 Å². The van der Waals surface area contributed by atoms with Crippen molar-refractivity contribution in [1.82, 2.24) is 4.98 Å². The third-order valence-corrected chi connectivity index (χ3v) is 2.97. The Morgan fingerprint density at radius 1 is 1.32 bits per heavy atom. The summed E-state index contributed by atoms with van der Waals surface area (Å²) in [5, 5.41) is 12.7. The molecule has 0 unspecified atom stereocenters. The highest BCUT2D eigenvalue weighted by molar-refractivity contribution is 6.35. The van der Waals surface area contributed by atoms with Gasteiger partial charge in [-0.1, -0.05) is 23.2 Å². The Hall–Kier alpha value is -1.98. The number of hydrogen-bond acceptors (Lipinski definition) is 4. The molecule has 5 nitrogen and oxygen atoms in total. The van der Waals surface area contributed by atoms with Gasteiger partial charge in [0.1, 0.15) is 0 Å². The minimum absolute atomic E-state index is 0.0318. The Bertz CT molecular complexity index is 647. The first-order valence-corrected chi connectivity index (χ1v) is 5.94. The lowest BCUT2D eigenvalue weighted by atomic mass is 10.2. The molecule has 7 heteroatoms. The molecule has 19 heavy (non-hydrogen) atoms. The van der Waals surface area contributed by atoms with Gasteiger partial charge in [0.15, 0.2) is 5.82 Å². The molecule has 0 aliphatic carbocycles. The number of nitrogens with one attached hydrogen (secondary N) is 1. The third-order valence-electron chi connectivity index (χ3n) is 2.40. The Morgan fingerprint density at radius 2 is 2.05 bits per heavy atom. The van der Waals surface area contributed by atoms with E-state index < -0.39 is 5.97 Å². The Balaban J connectivity index is 2.41. The summed E-state index contributed by atoms with van der Waals surface area (Å²) in [7, 11) is 0. The number of rotatable bonds is 3. The van der Waals surface area contributed by atoms with E-state index in [1.807, 2.05) is 0 Å². The summed E-state index contributed by atoms with van der Waals surface area (Å²) < 4.78 is 0. The fourth-order valence-corrected chi connectivity index (χ4v) is 1.82. The number of nitrogens with zero attached hydrogens (tertiary/aromatic N) is 1. The van der Waals surface area contributed by atoms with E-state index in [0.717, 1.165) is 0 Å². The van der Waals surface area contributed by atoms with E-state index in [9.17, 15) is 4.79 Å². The lowest BCUT2D eigenvalue weighted by Crippen LogP contribution is -2.07. The SMILES string of the molecule is Nc1c(C(=O)O)ccnc1Nc1cc(Cl)ccc1Cl. The van der Waals surface area contributed by atoms with Crippen molar-refractivity contribution in [3.8, 4) is 0 Å². The van der Waals surface area contributed by atoms with Gasteiger partial charge in [0, 0.05) is 11.2 Å². The van der Waals surface area contributed by atoms with Crippen molar-refractivity contribution in [3.05, 3.63) is 46.1 Å². The molecule has 1 aromatic carbocycles. The van der Waals surface area contributed by atoms with E-state index in [4.69, 9.17) is 34.0 Å². The van der Waals surface area contributed by atoms with Crippen LogP contribution >= 0.6 is 23.2 Å². The number of carboxylic acids is 1. The molecular weight excluding hydrogens is 289 g/mol. The van der Waals surface area contributed by atoms with Crippen molar-refractivity contribution in [1.29, 1.82) is 0 Å². The summed E-state index contributed by atoms with van der Waals surface area (Å²) in [6, 6.07) is 6.17. The number of halogens is 2. The third kappa shape index (κ3) is 2.89. The molecule has 1 heterocycles. The second-order valence-electron chi connectivity index (χ2n) is 3.68. The maximum Gasteiger partial charge on any atom is 0.337 e. The van der Waals surface area contributed by atoms with E-state index in [1.54, 1.807) is 18.2 Å². The Morgan fingerprint density at radius 3 is 2.74 bits per heavy atom. The normalized spacial score (nSPS) is 10.2. The van der Waals surface area contributed by atoms with Gasteiger partial charge in [0.2, 0.25) is 0 Å². The van der Waals surface area contributed by atoms with Crippen LogP contribution in [-0.2, 0) is 0 Å². The van der Waals surface area contributed by atoms with Crippen molar-refractivity contribution in [2.45, 2.75) is 0 Å². The first kappa shape index (κ1) is 13.5. The zero-order valence-electron chi connectivity index (χ0n) is 9.52. The number of nitrogen functional groups attached to an aromatic ring is 1. The molecule has 0 saturated carbocycles. The zero-order chi connectivity index (χ0) is 14.0. The van der Waals surface area contributed by atoms with Crippen LogP contribution in [0.4, 0.5) is 17.2 Å². The molecule has 0 bridgehead atoms. The first-order chi connectivity index (χ1) is 8.99. The van der Waals surface area contributed by atoms with Gasteiger partial charge < -0.3 is 16.2 Å². The molecule has 0 atom stereocenters. The maximum atomic E-state index is 11.0. The lowest BCUT2D eigenvalue weighted by molar-refractivity contribution is 0.0698. The van der Waals surface area contributed by atoms with E-state index in [2.05, 4.69) is 10.3 Å². The summed E-state index contributed by atoms with van der Waals surface area (Å²) in [5.74, 6) is -0.913. The number of carbonyl (C=O) groups is 1. The minimum Gasteiger partial charge on any atom is -0.478 e. The van der Waals surface area contributed by atoms with Crippen LogP contribution in [0.3, 0.4) is 0 Å². The summed E-state index contributed by atoms with van der Waals surface area (Å²) in [6.45, 7) is 0. The fourth-order valence-electron chi connectivity index (χ4n) is 1.48. The molecule has 0 amide bonds. The van der Waals surface area contributed by atoms with Gasteiger partial charge in [-0.15, -0.1) is 0 Å². The lowest BCUT2D eigenvalue weighted by Gasteiger charge is -2.11. The van der Waals surface area contributed by atoms with E-state index in [0.29, 0.717) is 15.7 Å². The molecule has 0 fully saturated rings. The Kier molecular flexibility index (Phi) is 3.78. The van der Waals surface area contributed by atoms with Crippen LogP contribution in [0.2, 0.25) is 10.0 Å². The summed E-state index contributed by atoms with van der Waals surface area (Å²) in [4.78, 5) is 15.0.